The Kier molecular flexibility index (Phi) is 4.66. The van der Waals surface area contributed by atoms with Gasteiger partial charge in [-0.25, -0.2) is 9.97 Å². The fourth-order valence-corrected chi connectivity index (χ4v) is 3.43. The standard InChI is InChI=1S/C21H20ClN3/c22-17-9-3-2-8-16(17)12-13-20-21(25-14-6-1-7-15-25)24-19-11-5-4-10-18(19)23-20/h2-5,8-13H,1,6-7,14-15H2/b13-12-. The van der Waals surface area contributed by atoms with E-state index in [9.17, 15) is 0 Å². The number of hydrogen-bond donors (Lipinski definition) is 0. The SMILES string of the molecule is Clc1ccccc1/C=C\c1nc2ccccc2nc1N1CCCCC1. The molecule has 0 bridgehead atoms. The van der Waals surface area contributed by atoms with Crippen molar-refractivity contribution in [3.63, 3.8) is 0 Å². The van der Waals surface area contributed by atoms with Gasteiger partial charge in [0.25, 0.3) is 0 Å². The number of rotatable bonds is 3. The Balaban J connectivity index is 1.78. The Morgan fingerprint density at radius 1 is 0.800 bits per heavy atom. The maximum absolute atomic E-state index is 6.28. The number of halogens is 1. The van der Waals surface area contributed by atoms with E-state index in [1.807, 2.05) is 60.7 Å². The lowest BCUT2D eigenvalue weighted by molar-refractivity contribution is 0.573. The van der Waals surface area contributed by atoms with Gasteiger partial charge in [-0.1, -0.05) is 48.0 Å². The first-order valence-electron chi connectivity index (χ1n) is 8.75. The third kappa shape index (κ3) is 3.52. The molecule has 25 heavy (non-hydrogen) atoms. The van der Waals surface area contributed by atoms with Crippen LogP contribution in [-0.4, -0.2) is 23.1 Å². The van der Waals surface area contributed by atoms with E-state index < -0.39 is 0 Å². The molecule has 0 N–H and O–H groups in total. The first kappa shape index (κ1) is 16.1. The lowest BCUT2D eigenvalue weighted by atomic mass is 10.1. The summed E-state index contributed by atoms with van der Waals surface area (Å²) in [5.74, 6) is 0.974. The zero-order valence-corrected chi connectivity index (χ0v) is 14.8. The molecular formula is C21H20ClN3. The van der Waals surface area contributed by atoms with E-state index in [1.165, 1.54) is 19.3 Å². The van der Waals surface area contributed by atoms with E-state index in [2.05, 4.69) is 4.90 Å². The van der Waals surface area contributed by atoms with Crippen molar-refractivity contribution in [1.29, 1.82) is 0 Å². The van der Waals surface area contributed by atoms with Crippen LogP contribution in [0.3, 0.4) is 0 Å². The average Bonchev–Trinajstić information content (AvgIpc) is 2.67. The second kappa shape index (κ2) is 7.24. The predicted octanol–water partition coefficient (Wildman–Crippen LogP) is 5.44. The Labute approximate surface area is 153 Å². The van der Waals surface area contributed by atoms with Gasteiger partial charge in [0.2, 0.25) is 0 Å². The summed E-state index contributed by atoms with van der Waals surface area (Å²) in [6.45, 7) is 2.08. The molecule has 1 aromatic heterocycles. The highest BCUT2D eigenvalue weighted by atomic mass is 35.5. The number of fused-ring (bicyclic) bond motifs is 1. The van der Waals surface area contributed by atoms with Crippen LogP contribution in [0.15, 0.2) is 48.5 Å². The Bertz CT molecular complexity index is 914. The van der Waals surface area contributed by atoms with Gasteiger partial charge in [0.15, 0.2) is 5.82 Å². The smallest absolute Gasteiger partial charge is 0.155 e. The summed E-state index contributed by atoms with van der Waals surface area (Å²) in [7, 11) is 0. The van der Waals surface area contributed by atoms with Crippen molar-refractivity contribution in [1.82, 2.24) is 9.97 Å². The summed E-state index contributed by atoms with van der Waals surface area (Å²) in [4.78, 5) is 12.1. The van der Waals surface area contributed by atoms with Crippen molar-refractivity contribution < 1.29 is 0 Å². The Morgan fingerprint density at radius 3 is 2.24 bits per heavy atom. The zero-order chi connectivity index (χ0) is 17.1. The first-order valence-corrected chi connectivity index (χ1v) is 9.13. The van der Waals surface area contributed by atoms with E-state index in [0.717, 1.165) is 46.2 Å². The molecule has 4 rings (SSSR count). The van der Waals surface area contributed by atoms with E-state index in [1.54, 1.807) is 0 Å². The average molecular weight is 350 g/mol. The molecule has 0 radical (unpaired) electrons. The van der Waals surface area contributed by atoms with Gasteiger partial charge in [0, 0.05) is 18.1 Å². The number of nitrogens with zero attached hydrogens (tertiary/aromatic N) is 3. The summed E-state index contributed by atoms with van der Waals surface area (Å²) < 4.78 is 0. The summed E-state index contributed by atoms with van der Waals surface area (Å²) >= 11 is 6.28. The summed E-state index contributed by atoms with van der Waals surface area (Å²) in [6, 6.07) is 15.9. The molecule has 4 heteroatoms. The largest absolute Gasteiger partial charge is 0.355 e. The minimum absolute atomic E-state index is 0.743. The molecule has 1 aliphatic heterocycles. The number of aromatic nitrogens is 2. The van der Waals surface area contributed by atoms with Gasteiger partial charge in [-0.2, -0.15) is 0 Å². The van der Waals surface area contributed by atoms with Crippen molar-refractivity contribution in [2.45, 2.75) is 19.3 Å². The zero-order valence-electron chi connectivity index (χ0n) is 14.0. The molecule has 3 nitrogen and oxygen atoms in total. The van der Waals surface area contributed by atoms with Gasteiger partial charge in [-0.3, -0.25) is 0 Å². The van der Waals surface area contributed by atoms with Gasteiger partial charge < -0.3 is 4.90 Å². The quantitative estimate of drug-likeness (QED) is 0.630. The van der Waals surface area contributed by atoms with Crippen LogP contribution in [0.2, 0.25) is 5.02 Å². The molecule has 1 fully saturated rings. The van der Waals surface area contributed by atoms with E-state index in [-0.39, 0.29) is 0 Å². The maximum Gasteiger partial charge on any atom is 0.155 e. The van der Waals surface area contributed by atoms with Gasteiger partial charge >= 0.3 is 0 Å². The highest BCUT2D eigenvalue weighted by Crippen LogP contribution is 2.26. The topological polar surface area (TPSA) is 29.0 Å². The summed E-state index contributed by atoms with van der Waals surface area (Å²) in [5.41, 5.74) is 3.75. The van der Waals surface area contributed by atoms with Crippen LogP contribution in [-0.2, 0) is 0 Å². The Morgan fingerprint density at radius 2 is 1.48 bits per heavy atom. The van der Waals surface area contributed by atoms with E-state index in [4.69, 9.17) is 21.6 Å². The summed E-state index contributed by atoms with van der Waals surface area (Å²) in [5, 5.41) is 0.743. The summed E-state index contributed by atoms with van der Waals surface area (Å²) in [6.07, 6.45) is 7.77. The predicted molar refractivity (Wildman–Crippen MR) is 106 cm³/mol. The lowest BCUT2D eigenvalue weighted by Gasteiger charge is -2.28. The molecule has 0 amide bonds. The van der Waals surface area contributed by atoms with Crippen LogP contribution >= 0.6 is 11.6 Å². The van der Waals surface area contributed by atoms with Crippen molar-refractivity contribution >= 4 is 40.6 Å². The Hall–Kier alpha value is -2.39. The number of hydrogen-bond acceptors (Lipinski definition) is 3. The van der Waals surface area contributed by atoms with Gasteiger partial charge in [0.1, 0.15) is 5.69 Å². The molecule has 1 aliphatic rings. The van der Waals surface area contributed by atoms with Gasteiger partial charge in [-0.15, -0.1) is 0 Å². The van der Waals surface area contributed by atoms with Crippen LogP contribution < -0.4 is 4.90 Å². The highest BCUT2D eigenvalue weighted by Gasteiger charge is 2.17. The molecule has 0 spiro atoms. The number of piperidine rings is 1. The second-order valence-electron chi connectivity index (χ2n) is 6.32. The molecule has 0 unspecified atom stereocenters. The van der Waals surface area contributed by atoms with Crippen LogP contribution in [0.25, 0.3) is 23.2 Å². The molecule has 0 atom stereocenters. The van der Waals surface area contributed by atoms with Crippen molar-refractivity contribution in [2.24, 2.45) is 0 Å². The van der Waals surface area contributed by atoms with Gasteiger partial charge in [0.05, 0.1) is 11.0 Å². The monoisotopic (exact) mass is 349 g/mol. The molecular weight excluding hydrogens is 330 g/mol. The van der Waals surface area contributed by atoms with Crippen molar-refractivity contribution in [3.8, 4) is 0 Å². The maximum atomic E-state index is 6.28. The second-order valence-corrected chi connectivity index (χ2v) is 6.73. The first-order chi connectivity index (χ1) is 12.3. The third-order valence-electron chi connectivity index (χ3n) is 4.56. The molecule has 2 aromatic carbocycles. The number of para-hydroxylation sites is 2. The van der Waals surface area contributed by atoms with Crippen LogP contribution in [0, 0.1) is 0 Å². The van der Waals surface area contributed by atoms with Gasteiger partial charge in [-0.05, 0) is 49.1 Å². The van der Waals surface area contributed by atoms with E-state index in [0.29, 0.717) is 0 Å². The molecule has 3 aromatic rings. The van der Waals surface area contributed by atoms with Crippen LogP contribution in [0.4, 0.5) is 5.82 Å². The minimum Gasteiger partial charge on any atom is -0.355 e. The molecule has 0 aliphatic carbocycles. The molecule has 2 heterocycles. The van der Waals surface area contributed by atoms with Crippen LogP contribution in [0.1, 0.15) is 30.5 Å². The van der Waals surface area contributed by atoms with Crippen molar-refractivity contribution in [2.75, 3.05) is 18.0 Å². The molecule has 0 saturated carbocycles. The van der Waals surface area contributed by atoms with Crippen molar-refractivity contribution in [3.05, 3.63) is 64.8 Å². The molecule has 1 saturated heterocycles. The third-order valence-corrected chi connectivity index (χ3v) is 4.90. The lowest BCUT2D eigenvalue weighted by Crippen LogP contribution is -2.31. The van der Waals surface area contributed by atoms with E-state index >= 15 is 0 Å². The fourth-order valence-electron chi connectivity index (χ4n) is 3.23. The normalized spacial score (nSPS) is 15.2. The molecule has 126 valence electrons. The minimum atomic E-state index is 0.743. The van der Waals surface area contributed by atoms with Crippen LogP contribution in [0.5, 0.6) is 0 Å². The fraction of sp³-hybridized carbons (Fsp3) is 0.238. The highest BCUT2D eigenvalue weighted by molar-refractivity contribution is 6.32. The number of anilines is 1. The number of benzene rings is 2.